The van der Waals surface area contributed by atoms with Crippen LogP contribution in [0, 0.1) is 0 Å². The summed E-state index contributed by atoms with van der Waals surface area (Å²) >= 11 is 0. The van der Waals surface area contributed by atoms with Gasteiger partial charge in [-0.05, 0) is 37.6 Å². The van der Waals surface area contributed by atoms with Crippen LogP contribution in [0.2, 0.25) is 0 Å². The van der Waals surface area contributed by atoms with Crippen LogP contribution in [0.1, 0.15) is 41.5 Å². The number of hydrogen-bond acceptors (Lipinski definition) is 7. The van der Waals surface area contributed by atoms with E-state index in [1.54, 1.807) is 36.8 Å². The Labute approximate surface area is 191 Å². The lowest BCUT2D eigenvalue weighted by Gasteiger charge is -2.22. The number of aliphatic imine (C=N–C) groups is 2. The molecular formula is C24H26N8O. The Morgan fingerprint density at radius 1 is 1.24 bits per heavy atom. The van der Waals surface area contributed by atoms with Gasteiger partial charge in [-0.3, -0.25) is 19.2 Å². The van der Waals surface area contributed by atoms with Gasteiger partial charge in [0, 0.05) is 35.9 Å². The number of allylic oxidation sites excluding steroid dienone is 1. The number of piperidine rings is 1. The molecule has 4 heterocycles. The Bertz CT molecular complexity index is 1250. The number of imidazole rings is 1. The third-order valence-corrected chi connectivity index (χ3v) is 5.91. The topological polar surface area (TPSA) is 122 Å². The molecule has 1 aromatic carbocycles. The van der Waals surface area contributed by atoms with E-state index in [-0.39, 0.29) is 11.9 Å². The molecule has 1 fully saturated rings. The van der Waals surface area contributed by atoms with E-state index in [2.05, 4.69) is 25.6 Å². The molecule has 1 atom stereocenters. The second-order valence-electron chi connectivity index (χ2n) is 8.14. The maximum absolute atomic E-state index is 12.6. The summed E-state index contributed by atoms with van der Waals surface area (Å²) in [6.45, 7) is 1.81. The Balaban J connectivity index is 1.39. The zero-order valence-corrected chi connectivity index (χ0v) is 18.2. The van der Waals surface area contributed by atoms with Crippen LogP contribution in [-0.4, -0.2) is 51.8 Å². The molecule has 33 heavy (non-hydrogen) atoms. The lowest BCUT2D eigenvalue weighted by molar-refractivity contribution is 0.0959. The van der Waals surface area contributed by atoms with Crippen LogP contribution in [0.4, 0.5) is 5.82 Å². The number of aromatic nitrogens is 3. The van der Waals surface area contributed by atoms with Gasteiger partial charge in [-0.2, -0.15) is 0 Å². The van der Waals surface area contributed by atoms with Gasteiger partial charge < -0.3 is 16.4 Å². The maximum atomic E-state index is 12.6. The minimum absolute atomic E-state index is 0.163. The predicted octanol–water partition coefficient (Wildman–Crippen LogP) is 2.56. The smallest absolute Gasteiger partial charge is 0.251 e. The van der Waals surface area contributed by atoms with E-state index in [4.69, 9.17) is 10.7 Å². The third-order valence-electron chi connectivity index (χ3n) is 5.91. The van der Waals surface area contributed by atoms with Crippen molar-refractivity contribution in [2.45, 2.75) is 25.3 Å². The lowest BCUT2D eigenvalue weighted by atomic mass is 10.0. The van der Waals surface area contributed by atoms with E-state index in [1.807, 2.05) is 22.7 Å². The van der Waals surface area contributed by atoms with Gasteiger partial charge in [0.1, 0.15) is 22.9 Å². The predicted molar refractivity (Wildman–Crippen MR) is 130 cm³/mol. The first kappa shape index (κ1) is 21.0. The van der Waals surface area contributed by atoms with Crippen molar-refractivity contribution in [1.29, 1.82) is 0 Å². The molecule has 2 aliphatic heterocycles. The average Bonchev–Trinajstić information content (AvgIpc) is 3.06. The summed E-state index contributed by atoms with van der Waals surface area (Å²) in [4.78, 5) is 30.3. The SMILES string of the molecule is Nc1nccn2c([C@@H]3CCCCN3)nc(-c3ccc(C(=O)NCC4=NC=CC=NC4)cc3)c12. The Morgan fingerprint density at radius 2 is 2.12 bits per heavy atom. The van der Waals surface area contributed by atoms with E-state index in [9.17, 15) is 4.79 Å². The lowest BCUT2D eigenvalue weighted by Crippen LogP contribution is -2.30. The number of carbonyl (C=O) groups excluding carboxylic acids is 1. The molecule has 0 spiro atoms. The number of nitrogen functional groups attached to an aromatic ring is 1. The average molecular weight is 443 g/mol. The largest absolute Gasteiger partial charge is 0.382 e. The van der Waals surface area contributed by atoms with Crippen LogP contribution in [0.15, 0.2) is 58.9 Å². The Hall–Kier alpha value is -3.85. The molecular weight excluding hydrogens is 416 g/mol. The number of hydrogen-bond donors (Lipinski definition) is 3. The van der Waals surface area contributed by atoms with E-state index < -0.39 is 0 Å². The summed E-state index contributed by atoms with van der Waals surface area (Å²) in [6, 6.07) is 7.58. The van der Waals surface area contributed by atoms with Crippen LogP contribution in [0.25, 0.3) is 16.8 Å². The molecule has 0 saturated carbocycles. The van der Waals surface area contributed by atoms with Crippen LogP contribution in [-0.2, 0) is 0 Å². The summed E-state index contributed by atoms with van der Waals surface area (Å²) in [5, 5.41) is 6.47. The van der Waals surface area contributed by atoms with Crippen molar-refractivity contribution in [3.05, 3.63) is 60.3 Å². The van der Waals surface area contributed by atoms with Crippen molar-refractivity contribution < 1.29 is 4.79 Å². The molecule has 3 aromatic rings. The van der Waals surface area contributed by atoms with Crippen LogP contribution in [0.5, 0.6) is 0 Å². The molecule has 0 aliphatic carbocycles. The highest BCUT2D eigenvalue weighted by molar-refractivity contribution is 5.99. The number of benzene rings is 1. The maximum Gasteiger partial charge on any atom is 0.251 e. The Kier molecular flexibility index (Phi) is 5.95. The minimum atomic E-state index is -0.163. The van der Waals surface area contributed by atoms with Gasteiger partial charge in [0.15, 0.2) is 0 Å². The van der Waals surface area contributed by atoms with Crippen molar-refractivity contribution in [2.24, 2.45) is 9.98 Å². The van der Waals surface area contributed by atoms with Crippen molar-refractivity contribution in [3.8, 4) is 11.3 Å². The molecule has 1 saturated heterocycles. The minimum Gasteiger partial charge on any atom is -0.382 e. The number of fused-ring (bicyclic) bond motifs is 1. The summed E-state index contributed by atoms with van der Waals surface area (Å²) in [5.74, 6) is 1.21. The van der Waals surface area contributed by atoms with Crippen molar-refractivity contribution in [3.63, 3.8) is 0 Å². The molecule has 9 heteroatoms. The Morgan fingerprint density at radius 3 is 2.94 bits per heavy atom. The quantitative estimate of drug-likeness (QED) is 0.561. The fourth-order valence-corrected chi connectivity index (χ4v) is 4.22. The zero-order chi connectivity index (χ0) is 22.6. The molecule has 2 aromatic heterocycles. The van der Waals surface area contributed by atoms with Gasteiger partial charge in [0.05, 0.1) is 24.8 Å². The second kappa shape index (κ2) is 9.33. The summed E-state index contributed by atoms with van der Waals surface area (Å²) in [7, 11) is 0. The fourth-order valence-electron chi connectivity index (χ4n) is 4.22. The number of amides is 1. The molecule has 2 aliphatic rings. The molecule has 0 unspecified atom stereocenters. The highest BCUT2D eigenvalue weighted by Gasteiger charge is 2.23. The van der Waals surface area contributed by atoms with Gasteiger partial charge in [-0.15, -0.1) is 0 Å². The molecule has 168 valence electrons. The summed E-state index contributed by atoms with van der Waals surface area (Å²) in [5.41, 5.74) is 10.1. The molecule has 4 N–H and O–H groups in total. The fraction of sp³-hybridized carbons (Fsp3) is 0.292. The number of carbonyl (C=O) groups is 1. The van der Waals surface area contributed by atoms with E-state index in [0.29, 0.717) is 24.5 Å². The van der Waals surface area contributed by atoms with E-state index >= 15 is 0 Å². The van der Waals surface area contributed by atoms with Crippen LogP contribution in [0.3, 0.4) is 0 Å². The molecule has 5 rings (SSSR count). The van der Waals surface area contributed by atoms with Gasteiger partial charge in [0.25, 0.3) is 5.91 Å². The molecule has 1 amide bonds. The van der Waals surface area contributed by atoms with E-state index in [0.717, 1.165) is 41.3 Å². The summed E-state index contributed by atoms with van der Waals surface area (Å²) < 4.78 is 2.03. The first-order chi connectivity index (χ1) is 16.2. The normalized spacial score (nSPS) is 18.2. The number of nitrogens with two attached hydrogens (primary N) is 1. The third kappa shape index (κ3) is 4.40. The number of nitrogens with zero attached hydrogens (tertiary/aromatic N) is 5. The van der Waals surface area contributed by atoms with Crippen molar-refractivity contribution in [1.82, 2.24) is 25.0 Å². The molecule has 0 bridgehead atoms. The monoisotopic (exact) mass is 442 g/mol. The standard InChI is InChI=1S/C24H26N8O/c25-22-21-20(31-23(32(21)13-12-29-22)19-4-1-2-10-28-19)16-5-7-17(8-6-16)24(33)30-15-18-14-26-9-3-11-27-18/h3,5-9,11-13,19,28H,1-2,4,10,14-15H2,(H2,25,29)(H,30,33)/t19-/m0/s1. The van der Waals surface area contributed by atoms with Crippen LogP contribution < -0.4 is 16.4 Å². The van der Waals surface area contributed by atoms with Gasteiger partial charge in [0.2, 0.25) is 0 Å². The molecule has 9 nitrogen and oxygen atoms in total. The first-order valence-corrected chi connectivity index (χ1v) is 11.2. The highest BCUT2D eigenvalue weighted by atomic mass is 16.1. The van der Waals surface area contributed by atoms with Gasteiger partial charge in [-0.1, -0.05) is 18.6 Å². The summed E-state index contributed by atoms with van der Waals surface area (Å²) in [6.07, 6.45) is 12.1. The van der Waals surface area contributed by atoms with Gasteiger partial charge in [-0.25, -0.2) is 9.97 Å². The first-order valence-electron chi connectivity index (χ1n) is 11.2. The van der Waals surface area contributed by atoms with E-state index in [1.165, 1.54) is 12.8 Å². The van der Waals surface area contributed by atoms with Gasteiger partial charge >= 0.3 is 0 Å². The second-order valence-corrected chi connectivity index (χ2v) is 8.14. The zero-order valence-electron chi connectivity index (χ0n) is 18.2. The van der Waals surface area contributed by atoms with Crippen molar-refractivity contribution in [2.75, 3.05) is 25.4 Å². The number of anilines is 1. The highest BCUT2D eigenvalue weighted by Crippen LogP contribution is 2.32. The van der Waals surface area contributed by atoms with Crippen LogP contribution >= 0.6 is 0 Å². The number of nitrogens with one attached hydrogen (secondary N) is 2. The number of rotatable bonds is 5. The molecule has 0 radical (unpaired) electrons. The van der Waals surface area contributed by atoms with Crippen molar-refractivity contribution >= 4 is 29.2 Å².